The number of aliphatic carboxylic acids is 1. The number of carboxylic acids is 1. The van der Waals surface area contributed by atoms with Crippen LogP contribution in [0, 0.1) is 5.92 Å². The molecular weight excluding hydrogens is 304 g/mol. The third kappa shape index (κ3) is 4.07. The molecule has 1 aromatic heterocycles. The van der Waals surface area contributed by atoms with Gasteiger partial charge in [0, 0.05) is 18.8 Å². The summed E-state index contributed by atoms with van der Waals surface area (Å²) in [6.45, 7) is 0.425. The molecule has 2 heterocycles. The largest absolute Gasteiger partial charge is 0.481 e. The predicted molar refractivity (Wildman–Crippen MR) is 73.6 cm³/mol. The third-order valence-electron chi connectivity index (χ3n) is 2.95. The molecule has 1 saturated heterocycles. The van der Waals surface area contributed by atoms with Crippen molar-refractivity contribution in [3.8, 4) is 0 Å². The topological polar surface area (TPSA) is 106 Å². The van der Waals surface area contributed by atoms with Crippen LogP contribution in [-0.4, -0.2) is 46.3 Å². The van der Waals surface area contributed by atoms with Gasteiger partial charge in [-0.3, -0.25) is 9.59 Å². The first-order valence-corrected chi connectivity index (χ1v) is 8.79. The fourth-order valence-electron chi connectivity index (χ4n) is 2.09. The van der Waals surface area contributed by atoms with Crippen molar-refractivity contribution in [3.63, 3.8) is 0 Å². The maximum atomic E-state index is 11.4. The molecule has 1 unspecified atom stereocenters. The molecule has 0 aromatic carbocycles. The summed E-state index contributed by atoms with van der Waals surface area (Å²) in [5, 5.41) is 8.98. The maximum Gasteiger partial charge on any atom is 0.313 e. The average molecular weight is 318 g/mol. The summed E-state index contributed by atoms with van der Waals surface area (Å²) < 4.78 is 24.5. The van der Waals surface area contributed by atoms with Gasteiger partial charge in [0.25, 0.3) is 5.56 Å². The smallest absolute Gasteiger partial charge is 0.313 e. The number of rotatable bonds is 5. The number of thioether (sulfide) groups is 1. The van der Waals surface area contributed by atoms with E-state index < -0.39 is 21.4 Å². The van der Waals surface area contributed by atoms with Gasteiger partial charge in [-0.15, -0.1) is 0 Å². The quantitative estimate of drug-likeness (QED) is 0.594. The molecule has 2 rings (SSSR count). The van der Waals surface area contributed by atoms with Gasteiger partial charge in [0.2, 0.25) is 0 Å². The van der Waals surface area contributed by atoms with Crippen molar-refractivity contribution in [2.24, 2.45) is 5.92 Å². The monoisotopic (exact) mass is 318 g/mol. The fourth-order valence-corrected chi connectivity index (χ4v) is 4.65. The first-order chi connectivity index (χ1) is 9.35. The second kappa shape index (κ2) is 5.96. The van der Waals surface area contributed by atoms with E-state index in [0.29, 0.717) is 18.1 Å². The van der Waals surface area contributed by atoms with Crippen molar-refractivity contribution in [3.05, 3.63) is 22.6 Å². The van der Waals surface area contributed by atoms with Crippen molar-refractivity contribution >= 4 is 27.6 Å². The lowest BCUT2D eigenvalue weighted by atomic mass is 10.1. The normalized spacial score (nSPS) is 20.9. The summed E-state index contributed by atoms with van der Waals surface area (Å²) in [6, 6.07) is 1.29. The second-order valence-electron chi connectivity index (χ2n) is 4.65. The zero-order chi connectivity index (χ0) is 14.8. The molecular formula is C11H14N2O5S2. The standard InChI is InChI=1S/C11H14N2O5S2/c14-9-1-3-13(11(12-9)19-6-10(15)16)5-8-2-4-20(17,18)7-8/h1,3,8H,2,4-7H2,(H,15,16). The molecule has 1 aliphatic heterocycles. The first kappa shape index (κ1) is 15.0. The average Bonchev–Trinajstić information content (AvgIpc) is 2.69. The molecule has 7 nitrogen and oxygen atoms in total. The van der Waals surface area contributed by atoms with E-state index in [1.165, 1.54) is 12.3 Å². The van der Waals surface area contributed by atoms with Crippen molar-refractivity contribution in [1.29, 1.82) is 0 Å². The number of carboxylic acid groups (broad SMARTS) is 1. The van der Waals surface area contributed by atoms with Gasteiger partial charge >= 0.3 is 5.97 Å². The summed E-state index contributed by atoms with van der Waals surface area (Å²) in [5.74, 6) is -0.902. The van der Waals surface area contributed by atoms with Crippen LogP contribution in [0.25, 0.3) is 0 Å². The molecule has 20 heavy (non-hydrogen) atoms. The lowest BCUT2D eigenvalue weighted by Crippen LogP contribution is -2.19. The molecule has 0 bridgehead atoms. The van der Waals surface area contributed by atoms with E-state index in [2.05, 4.69) is 4.98 Å². The molecule has 0 aliphatic carbocycles. The van der Waals surface area contributed by atoms with E-state index in [1.807, 2.05) is 0 Å². The van der Waals surface area contributed by atoms with Crippen molar-refractivity contribution in [2.75, 3.05) is 17.3 Å². The highest BCUT2D eigenvalue weighted by molar-refractivity contribution is 7.99. The molecule has 110 valence electrons. The lowest BCUT2D eigenvalue weighted by molar-refractivity contribution is -0.133. The summed E-state index contributed by atoms with van der Waals surface area (Å²) in [4.78, 5) is 25.6. The Morgan fingerprint density at radius 3 is 2.90 bits per heavy atom. The van der Waals surface area contributed by atoms with Crippen LogP contribution in [0.5, 0.6) is 0 Å². The Labute approximate surface area is 119 Å². The summed E-state index contributed by atoms with van der Waals surface area (Å²) in [7, 11) is -2.96. The molecule has 1 aromatic rings. The summed E-state index contributed by atoms with van der Waals surface area (Å²) in [5.41, 5.74) is -0.437. The van der Waals surface area contributed by atoms with E-state index in [9.17, 15) is 18.0 Å². The third-order valence-corrected chi connectivity index (χ3v) is 5.77. The highest BCUT2D eigenvalue weighted by Crippen LogP contribution is 2.22. The maximum absolute atomic E-state index is 11.4. The number of aromatic nitrogens is 2. The van der Waals surface area contributed by atoms with Crippen LogP contribution >= 0.6 is 11.8 Å². The van der Waals surface area contributed by atoms with Gasteiger partial charge in [-0.05, 0) is 12.3 Å². The van der Waals surface area contributed by atoms with Gasteiger partial charge in [-0.25, -0.2) is 8.42 Å². The van der Waals surface area contributed by atoms with Crippen LogP contribution in [0.2, 0.25) is 0 Å². The fraction of sp³-hybridized carbons (Fsp3) is 0.545. The molecule has 0 radical (unpaired) electrons. The van der Waals surface area contributed by atoms with Crippen molar-refractivity contribution in [2.45, 2.75) is 18.1 Å². The first-order valence-electron chi connectivity index (χ1n) is 5.98. The van der Waals surface area contributed by atoms with E-state index in [-0.39, 0.29) is 23.2 Å². The van der Waals surface area contributed by atoms with Gasteiger partial charge in [0.15, 0.2) is 15.0 Å². The Balaban J connectivity index is 2.14. The van der Waals surface area contributed by atoms with Crippen LogP contribution in [0.4, 0.5) is 0 Å². The van der Waals surface area contributed by atoms with Gasteiger partial charge in [0.05, 0.1) is 17.3 Å². The van der Waals surface area contributed by atoms with Crippen LogP contribution < -0.4 is 5.56 Å². The van der Waals surface area contributed by atoms with Crippen LogP contribution in [0.3, 0.4) is 0 Å². The minimum Gasteiger partial charge on any atom is -0.481 e. The van der Waals surface area contributed by atoms with Gasteiger partial charge in [-0.2, -0.15) is 4.98 Å². The Hall–Kier alpha value is -1.35. The molecule has 1 atom stereocenters. The van der Waals surface area contributed by atoms with Crippen molar-refractivity contribution in [1.82, 2.24) is 9.55 Å². The number of sulfone groups is 1. The molecule has 9 heteroatoms. The zero-order valence-corrected chi connectivity index (χ0v) is 12.2. The molecule has 0 spiro atoms. The minimum atomic E-state index is -2.96. The van der Waals surface area contributed by atoms with Crippen LogP contribution in [0.15, 0.2) is 22.2 Å². The van der Waals surface area contributed by atoms with E-state index in [4.69, 9.17) is 5.11 Å². The molecule has 1 fully saturated rings. The minimum absolute atomic E-state index is 0.0199. The van der Waals surface area contributed by atoms with Gasteiger partial charge in [-0.1, -0.05) is 11.8 Å². The van der Waals surface area contributed by atoms with E-state index >= 15 is 0 Å². The lowest BCUT2D eigenvalue weighted by Gasteiger charge is -2.14. The molecule has 1 aliphatic rings. The Bertz CT molecular complexity index is 668. The number of hydrogen-bond donors (Lipinski definition) is 1. The van der Waals surface area contributed by atoms with Crippen molar-refractivity contribution < 1.29 is 18.3 Å². The Kier molecular flexibility index (Phi) is 4.48. The summed E-state index contributed by atoms with van der Waals surface area (Å²) >= 11 is 0.955. The van der Waals surface area contributed by atoms with Gasteiger partial charge < -0.3 is 9.67 Å². The highest BCUT2D eigenvalue weighted by atomic mass is 32.2. The number of carbonyl (C=O) groups is 1. The highest BCUT2D eigenvalue weighted by Gasteiger charge is 2.28. The number of hydrogen-bond acceptors (Lipinski definition) is 6. The Morgan fingerprint density at radius 2 is 2.30 bits per heavy atom. The van der Waals surface area contributed by atoms with E-state index in [1.54, 1.807) is 4.57 Å². The number of nitrogens with zero attached hydrogens (tertiary/aromatic N) is 2. The molecule has 0 amide bonds. The molecule has 1 N–H and O–H groups in total. The summed E-state index contributed by atoms with van der Waals surface area (Å²) in [6.07, 6.45) is 2.11. The zero-order valence-electron chi connectivity index (χ0n) is 10.6. The SMILES string of the molecule is O=C(O)CSc1nc(=O)ccn1CC1CCS(=O)(=O)C1. The molecule has 0 saturated carbocycles. The van der Waals surface area contributed by atoms with Crippen LogP contribution in [0.1, 0.15) is 6.42 Å². The van der Waals surface area contributed by atoms with Gasteiger partial charge in [0.1, 0.15) is 0 Å². The Morgan fingerprint density at radius 1 is 1.55 bits per heavy atom. The predicted octanol–water partition coefficient (Wildman–Crippen LogP) is -0.145. The second-order valence-corrected chi connectivity index (χ2v) is 7.82. The van der Waals surface area contributed by atoms with E-state index in [0.717, 1.165) is 11.8 Å². The van der Waals surface area contributed by atoms with Crippen LogP contribution in [-0.2, 0) is 21.2 Å².